The molecule has 14 heteroatoms. The number of esters is 3. The first kappa shape index (κ1) is 46.7. The van der Waals surface area contributed by atoms with Crippen LogP contribution in [0.5, 0.6) is 0 Å². The summed E-state index contributed by atoms with van der Waals surface area (Å²) < 4.78 is 20.7. The molecule has 1 amide bonds. The van der Waals surface area contributed by atoms with E-state index in [2.05, 4.69) is 5.32 Å². The molecule has 1 N–H and O–H groups in total. The summed E-state index contributed by atoms with van der Waals surface area (Å²) in [6, 6.07) is 19.1. The molecule has 0 aliphatic heterocycles. The summed E-state index contributed by atoms with van der Waals surface area (Å²) in [5.41, 5.74) is -0.254. The second kappa shape index (κ2) is 22.2. The van der Waals surface area contributed by atoms with E-state index >= 15 is 0 Å². The number of aliphatic imine (C=N–C) groups is 1. The molecule has 0 saturated heterocycles. The second-order valence-electron chi connectivity index (χ2n) is 14.2. The van der Waals surface area contributed by atoms with Crippen LogP contribution in [0.15, 0.2) is 65.7 Å². The fraction of sp³-hybridized carbons (Fsp3) is 0.524. The van der Waals surface area contributed by atoms with Gasteiger partial charge in [0.15, 0.2) is 5.54 Å². The van der Waals surface area contributed by atoms with Crippen LogP contribution >= 0.6 is 0 Å². The number of ether oxygens (including phenoxy) is 4. The molecule has 4 rings (SSSR count). The summed E-state index contributed by atoms with van der Waals surface area (Å²) in [6.07, 6.45) is 1.56. The van der Waals surface area contributed by atoms with Crippen molar-refractivity contribution in [1.29, 1.82) is 0 Å². The Morgan fingerprint density at radius 2 is 1.18 bits per heavy atom. The number of Topliss-reactive ketones (excluding diaryl/α,β-unsaturated/α-hetero) is 2. The lowest BCUT2D eigenvalue weighted by Crippen LogP contribution is -2.55. The van der Waals surface area contributed by atoms with E-state index in [4.69, 9.17) is 33.5 Å². The lowest BCUT2D eigenvalue weighted by atomic mass is 9.73. The van der Waals surface area contributed by atoms with Gasteiger partial charge in [-0.3, -0.25) is 24.2 Å². The minimum Gasteiger partial charge on any atom is -0.465 e. The number of benzene rings is 2. The Morgan fingerprint density at radius 1 is 0.732 bits per heavy atom. The number of amides is 1. The summed E-state index contributed by atoms with van der Waals surface area (Å²) >= 11 is 0. The average molecular weight is 779 g/mol. The highest BCUT2D eigenvalue weighted by Gasteiger charge is 2.50. The first-order chi connectivity index (χ1) is 26.5. The number of nitrogens with zero attached hydrogens (tertiary/aromatic N) is 1. The lowest BCUT2D eigenvalue weighted by Gasteiger charge is -2.39. The maximum atomic E-state index is 13.2. The smallest absolute Gasteiger partial charge is 0.408 e. The van der Waals surface area contributed by atoms with Crippen molar-refractivity contribution in [1.82, 2.24) is 5.32 Å². The minimum absolute atomic E-state index is 0.0582. The van der Waals surface area contributed by atoms with Crippen molar-refractivity contribution in [3.8, 4) is 0 Å². The van der Waals surface area contributed by atoms with E-state index in [0.717, 1.165) is 11.1 Å². The normalized spacial score (nSPS) is 21.6. The molecule has 2 saturated carbocycles. The molecule has 0 heterocycles. The molecule has 2 aromatic carbocycles. The Hall–Kier alpha value is -5.49. The quantitative estimate of drug-likeness (QED) is 0.125. The zero-order chi connectivity index (χ0) is 41.9. The monoisotopic (exact) mass is 778 g/mol. The largest absolute Gasteiger partial charge is 0.465 e. The Morgan fingerprint density at radius 3 is 1.61 bits per heavy atom. The van der Waals surface area contributed by atoms with Gasteiger partial charge in [0.1, 0.15) is 29.0 Å². The van der Waals surface area contributed by atoms with Gasteiger partial charge in [-0.25, -0.2) is 9.59 Å². The summed E-state index contributed by atoms with van der Waals surface area (Å²) in [5.74, 6) is -3.82. The molecule has 4 atom stereocenters. The van der Waals surface area contributed by atoms with Crippen molar-refractivity contribution in [3.63, 3.8) is 0 Å². The van der Waals surface area contributed by atoms with Crippen LogP contribution in [0.25, 0.3) is 0 Å². The van der Waals surface area contributed by atoms with Gasteiger partial charge in [0.2, 0.25) is 0 Å². The predicted octanol–water partition coefficient (Wildman–Crippen LogP) is 5.77. The number of hydrogen-bond donors (Lipinski definition) is 1. The number of carbonyl (C=O) groups excluding carboxylic acids is 8. The number of nitrogens with one attached hydrogen (secondary N) is 1. The molecule has 304 valence electrons. The molecule has 56 heavy (non-hydrogen) atoms. The van der Waals surface area contributed by atoms with Crippen LogP contribution in [-0.2, 0) is 52.5 Å². The van der Waals surface area contributed by atoms with Crippen LogP contribution in [0.2, 0.25) is 0 Å². The lowest BCUT2D eigenvalue weighted by molar-refractivity contribution is -0.192. The number of rotatable bonds is 11. The molecule has 2 aliphatic rings. The molecule has 2 fully saturated rings. The van der Waals surface area contributed by atoms with Crippen molar-refractivity contribution in [2.75, 3.05) is 19.8 Å². The fourth-order valence-electron chi connectivity index (χ4n) is 6.46. The van der Waals surface area contributed by atoms with Crippen molar-refractivity contribution >= 4 is 47.4 Å². The minimum atomic E-state index is -1.34. The standard InChI is InChI=1S/C25H27NO5.C16H27NO5.CO2/c1-3-30-23(28)20-17-25(16-15-21(20)27,24(29)31-4-2)26-22(18-11-7-5-8-12-18)19-13-9-6-10-14-19;1-6-16(17-14(20)22-15(3,4)5)9-8-12(18)11(10-16)13(19)21-7-2;2-1-3/h5-14,20H,3-4,15-17H2,1-2H3;11H,6-10H2,1-5H3,(H,17,20);. The van der Waals surface area contributed by atoms with Crippen LogP contribution in [0.1, 0.15) is 105 Å². The van der Waals surface area contributed by atoms with Crippen molar-refractivity contribution in [3.05, 3.63) is 71.8 Å². The molecule has 0 spiro atoms. The first-order valence-corrected chi connectivity index (χ1v) is 18.8. The van der Waals surface area contributed by atoms with Gasteiger partial charge >= 0.3 is 30.2 Å². The average Bonchev–Trinajstić information content (AvgIpc) is 3.16. The van der Waals surface area contributed by atoms with Crippen molar-refractivity contribution < 1.29 is 57.3 Å². The van der Waals surface area contributed by atoms with E-state index in [1.54, 1.807) is 41.5 Å². The number of hydrogen-bond acceptors (Lipinski definition) is 13. The third-order valence-electron chi connectivity index (χ3n) is 9.21. The highest BCUT2D eigenvalue weighted by Crippen LogP contribution is 2.37. The van der Waals surface area contributed by atoms with Crippen LogP contribution in [0.3, 0.4) is 0 Å². The molecular weight excluding hydrogens is 724 g/mol. The van der Waals surface area contributed by atoms with E-state index in [1.165, 1.54) is 0 Å². The summed E-state index contributed by atoms with van der Waals surface area (Å²) in [4.78, 5) is 95.3. The van der Waals surface area contributed by atoms with Crippen LogP contribution in [0, 0.1) is 11.8 Å². The van der Waals surface area contributed by atoms with Gasteiger partial charge in [-0.05, 0) is 67.2 Å². The second-order valence-corrected chi connectivity index (χ2v) is 14.2. The van der Waals surface area contributed by atoms with Crippen LogP contribution in [-0.4, -0.2) is 83.9 Å². The molecule has 0 bridgehead atoms. The summed E-state index contributed by atoms with van der Waals surface area (Å²) in [7, 11) is 0. The Kier molecular flexibility index (Phi) is 18.5. The zero-order valence-corrected chi connectivity index (χ0v) is 33.3. The molecule has 4 unspecified atom stereocenters. The van der Waals surface area contributed by atoms with Crippen molar-refractivity contribution in [2.45, 2.75) is 110 Å². The zero-order valence-electron chi connectivity index (χ0n) is 33.3. The van der Waals surface area contributed by atoms with Crippen molar-refractivity contribution in [2.24, 2.45) is 16.8 Å². The van der Waals surface area contributed by atoms with E-state index in [9.17, 15) is 28.8 Å². The maximum absolute atomic E-state index is 13.2. The molecule has 0 aromatic heterocycles. The summed E-state index contributed by atoms with van der Waals surface area (Å²) in [5, 5.41) is 2.86. The number of alkyl carbamates (subject to hydrolysis) is 1. The van der Waals surface area contributed by atoms with Gasteiger partial charge in [0.25, 0.3) is 0 Å². The Labute approximate surface area is 328 Å². The SMILES string of the molecule is CCOC(=O)C1CC(CC)(NC(=O)OC(C)(C)C)CCC1=O.CCOC(=O)C1CC(N=C(c2ccccc2)c2ccccc2)(C(=O)OCC)CCC1=O.O=C=O. The van der Waals surface area contributed by atoms with Gasteiger partial charge in [-0.1, -0.05) is 67.6 Å². The number of ketones is 2. The van der Waals surface area contributed by atoms with E-state index in [-0.39, 0.29) is 69.6 Å². The predicted molar refractivity (Wildman–Crippen MR) is 203 cm³/mol. The van der Waals surface area contributed by atoms with Gasteiger partial charge in [0.05, 0.1) is 25.5 Å². The molecular formula is C42H54N2O12. The highest BCUT2D eigenvalue weighted by molar-refractivity contribution is 6.14. The Balaban J connectivity index is 0.000000381. The maximum Gasteiger partial charge on any atom is 0.408 e. The first-order valence-electron chi connectivity index (χ1n) is 18.8. The van der Waals surface area contributed by atoms with Gasteiger partial charge in [0, 0.05) is 35.9 Å². The Bertz CT molecular complexity index is 1670. The molecule has 0 radical (unpaired) electrons. The fourth-order valence-corrected chi connectivity index (χ4v) is 6.46. The number of carbonyl (C=O) groups is 6. The summed E-state index contributed by atoms with van der Waals surface area (Å²) in [6.45, 7) is 13.0. The van der Waals surface area contributed by atoms with E-state index in [1.807, 2.05) is 67.6 Å². The van der Waals surface area contributed by atoms with Crippen LogP contribution in [0.4, 0.5) is 4.79 Å². The van der Waals surface area contributed by atoms with Crippen LogP contribution < -0.4 is 5.32 Å². The third-order valence-corrected chi connectivity index (χ3v) is 9.21. The molecule has 2 aromatic rings. The van der Waals surface area contributed by atoms with E-state index in [0.29, 0.717) is 18.6 Å². The van der Waals surface area contributed by atoms with Gasteiger partial charge in [-0.2, -0.15) is 9.59 Å². The molecule has 2 aliphatic carbocycles. The van der Waals surface area contributed by atoms with Gasteiger partial charge < -0.3 is 24.3 Å². The third kappa shape index (κ3) is 13.7. The molecule has 14 nitrogen and oxygen atoms in total. The topological polar surface area (TPSA) is 198 Å². The highest BCUT2D eigenvalue weighted by atomic mass is 16.6. The van der Waals surface area contributed by atoms with E-state index < -0.39 is 52.5 Å². The van der Waals surface area contributed by atoms with Gasteiger partial charge in [-0.15, -0.1) is 0 Å².